The van der Waals surface area contributed by atoms with E-state index in [2.05, 4.69) is 41.9 Å². The second-order valence-electron chi connectivity index (χ2n) is 40.8. The first-order chi connectivity index (χ1) is 70.2. The van der Waals surface area contributed by atoms with Crippen molar-refractivity contribution >= 4 is 134 Å². The zero-order valence-corrected chi connectivity index (χ0v) is 83.9. The van der Waals surface area contributed by atoms with Crippen LogP contribution in [-0.4, -0.2) is 197 Å². The maximum Gasteiger partial charge on any atom is 0.460 e. The lowest BCUT2D eigenvalue weighted by Crippen LogP contribution is -2.84. The summed E-state index contributed by atoms with van der Waals surface area (Å²) in [4.78, 5) is 149. The zero-order chi connectivity index (χ0) is 107. The van der Waals surface area contributed by atoms with Crippen LogP contribution in [0.1, 0.15) is 183 Å². The summed E-state index contributed by atoms with van der Waals surface area (Å²) in [5.41, 5.74) is 6.12. The molecule has 8 amide bonds. The summed E-state index contributed by atoms with van der Waals surface area (Å²) in [6.07, 6.45) is -1.24. The number of hydrogen-bond donors (Lipinski definition) is 7. The van der Waals surface area contributed by atoms with Crippen LogP contribution in [0.3, 0.4) is 0 Å². The van der Waals surface area contributed by atoms with Crippen LogP contribution in [-0.2, 0) is 47.9 Å². The molecule has 1 aromatic heterocycles. The fraction of sp³-hybridized carbons (Fsp3) is 0.447. The Kier molecular flexibility index (Phi) is 30.0. The number of carbonyl (C=O) groups is 11. The number of nitrogens with two attached hydrogens (primary N) is 1. The molecule has 0 spiro atoms. The van der Waals surface area contributed by atoms with E-state index < -0.39 is 124 Å². The Balaban J connectivity index is 0.000000136. The van der Waals surface area contributed by atoms with Crippen LogP contribution >= 0.6 is 58.0 Å². The van der Waals surface area contributed by atoms with Crippen LogP contribution in [0.15, 0.2) is 140 Å². The van der Waals surface area contributed by atoms with Gasteiger partial charge in [0.25, 0.3) is 47.8 Å². The van der Waals surface area contributed by atoms with E-state index in [9.17, 15) is 101 Å². The summed E-state index contributed by atoms with van der Waals surface area (Å²) in [6.45, 7) is 3.60. The van der Waals surface area contributed by atoms with Gasteiger partial charge < -0.3 is 80.4 Å². The number of aromatic nitrogens is 2. The highest BCUT2D eigenvalue weighted by molar-refractivity contribution is 6.32. The maximum atomic E-state index is 14.4. The minimum absolute atomic E-state index is 0.0137. The van der Waals surface area contributed by atoms with E-state index in [0.717, 1.165) is 66.5 Å². The van der Waals surface area contributed by atoms with Gasteiger partial charge >= 0.3 is 23.9 Å². The number of methoxy groups -OCH3 is 1. The fourth-order valence-electron chi connectivity index (χ4n) is 22.3. The van der Waals surface area contributed by atoms with Crippen molar-refractivity contribution in [2.45, 2.75) is 231 Å². The first-order valence-electron chi connectivity index (χ1n) is 47.5. The van der Waals surface area contributed by atoms with Gasteiger partial charge in [0.1, 0.15) is 69.9 Å². The van der Waals surface area contributed by atoms with Gasteiger partial charge in [-0.3, -0.25) is 62.6 Å². The van der Waals surface area contributed by atoms with Crippen molar-refractivity contribution in [2.75, 3.05) is 56.4 Å². The number of alkyl halides is 9. The normalized spacial score (nSPS) is 26.2. The first-order valence-corrected chi connectivity index (χ1v) is 49.4. The topological polar surface area (TPSA) is 392 Å². The lowest BCUT2D eigenvalue weighted by atomic mass is 9.38. The third-order valence-corrected chi connectivity index (χ3v) is 30.8. The molecule has 12 saturated carbocycles. The van der Waals surface area contributed by atoms with Gasteiger partial charge in [0, 0.05) is 103 Å². The molecule has 5 atom stereocenters. The van der Waals surface area contributed by atoms with Gasteiger partial charge in [-0.05, 0) is 248 Å². The van der Waals surface area contributed by atoms with E-state index in [1.807, 2.05) is 19.1 Å². The monoisotopic (exact) mass is 2180 g/mol. The van der Waals surface area contributed by atoms with E-state index in [-0.39, 0.29) is 160 Å². The first kappa shape index (κ1) is 108. The molecule has 8 aromatic rings. The second-order valence-corrected chi connectivity index (χ2v) is 43.0. The SMILES string of the molecule is COCC(=O)N1CC(C(=O)CC23CC(NC(=O)COc4ccc(Cl)c(F)c4)(C2)C3)Oc2ccc(C)cc21.Cc1cc(OCC(=O)NC23CC(NC(=O)C4CN(C(=O)C(F)(F)C(F)(F)C(F)(F)F)c5cc(Cl)ccc5O4)(C2)C3)ccc1Cl.Cc1ccc(OCC(=O)NC23CC(CC(=O)C4CC(N)c5cc(Cl)ccc5O4)(C2)C3)cc1F.O=C(NC12CCC(NC(=O)C3CC(=O)c4cc(Cl)ccc4O3)(CC1)CC2)c1cnc(C(F)F)cn1. The highest BCUT2D eigenvalue weighted by atomic mass is 35.5. The molecule has 16 aliphatic rings. The Hall–Kier alpha value is -12.4. The minimum Gasteiger partial charge on any atom is -0.484 e. The van der Waals surface area contributed by atoms with Crippen LogP contribution in [0.25, 0.3) is 0 Å². The van der Waals surface area contributed by atoms with Crippen molar-refractivity contribution < 1.29 is 139 Å². The lowest BCUT2D eigenvalue weighted by Gasteiger charge is -2.70. The Morgan fingerprint density at radius 2 is 0.940 bits per heavy atom. The number of ether oxygens (including phenoxy) is 8. The van der Waals surface area contributed by atoms with E-state index >= 15 is 0 Å². The Morgan fingerprint density at radius 1 is 0.477 bits per heavy atom. The predicted octanol–water partition coefficient (Wildman–Crippen LogP) is 16.6. The third kappa shape index (κ3) is 22.8. The molecule has 24 rings (SSSR count). The highest BCUT2D eigenvalue weighted by Gasteiger charge is 2.78. The average Bonchev–Trinajstić information content (AvgIpc) is 0.686. The number of benzene rings is 7. The molecule has 30 nitrogen and oxygen atoms in total. The molecule has 8 N–H and O–H groups in total. The van der Waals surface area contributed by atoms with E-state index in [1.54, 1.807) is 91.5 Å². The number of aryl methyl sites for hydroxylation is 3. The molecule has 5 heterocycles. The van der Waals surface area contributed by atoms with Gasteiger partial charge in [0.15, 0.2) is 61.6 Å². The quantitative estimate of drug-likeness (QED) is 0.0214. The van der Waals surface area contributed by atoms with Crippen LogP contribution in [0.5, 0.6) is 40.2 Å². The smallest absolute Gasteiger partial charge is 0.460 e. The number of fused-ring (bicyclic) bond motifs is 7. The predicted molar refractivity (Wildman–Crippen MR) is 516 cm³/mol. The lowest BCUT2D eigenvalue weighted by molar-refractivity contribution is -0.343. The molecular weight excluding hydrogens is 2080 g/mol. The third-order valence-electron chi connectivity index (χ3n) is 29.4. The number of anilines is 2. The molecule has 12 aliphatic carbocycles. The van der Waals surface area contributed by atoms with Gasteiger partial charge in [0.2, 0.25) is 0 Å². The minimum atomic E-state index is -6.75. The number of hydrogen-bond acceptors (Lipinski definition) is 22. The summed E-state index contributed by atoms with van der Waals surface area (Å²) >= 11 is 29.4. The second kappa shape index (κ2) is 41.4. The van der Waals surface area contributed by atoms with Crippen molar-refractivity contribution in [3.63, 3.8) is 0 Å². The largest absolute Gasteiger partial charge is 0.484 e. The Labute approximate surface area is 869 Å². The van der Waals surface area contributed by atoms with Gasteiger partial charge in [-0.2, -0.15) is 30.7 Å². The molecule has 792 valence electrons. The Bertz CT molecular complexity index is 6610. The maximum absolute atomic E-state index is 14.4. The fourth-order valence-corrected chi connectivity index (χ4v) is 23.1. The Morgan fingerprint density at radius 3 is 1.48 bits per heavy atom. The van der Waals surface area contributed by atoms with Gasteiger partial charge in [-0.15, -0.1) is 0 Å². The summed E-state index contributed by atoms with van der Waals surface area (Å²) in [5, 5.41) is 19.0. The van der Waals surface area contributed by atoms with Crippen molar-refractivity contribution in [1.82, 2.24) is 41.9 Å². The van der Waals surface area contributed by atoms with Crippen molar-refractivity contribution in [3.8, 4) is 40.2 Å². The number of nitrogens with one attached hydrogen (secondary N) is 6. The number of rotatable bonds is 29. The van der Waals surface area contributed by atoms with Crippen molar-refractivity contribution in [2.24, 2.45) is 16.6 Å². The van der Waals surface area contributed by atoms with Crippen LogP contribution < -0.4 is 80.6 Å². The number of nitrogens with zero attached hydrogens (tertiary/aromatic N) is 4. The summed E-state index contributed by atoms with van der Waals surface area (Å²) in [6, 6.07) is 31.8. The van der Waals surface area contributed by atoms with Crippen LogP contribution in [0, 0.1) is 43.2 Å². The van der Waals surface area contributed by atoms with Crippen molar-refractivity contribution in [3.05, 3.63) is 216 Å². The number of carbonyl (C=O) groups excluding carboxylic acids is 11. The summed E-state index contributed by atoms with van der Waals surface area (Å²) < 4.78 is 191. The number of halogens is 16. The van der Waals surface area contributed by atoms with Gasteiger partial charge in [0.05, 0.1) is 53.9 Å². The standard InChI is InChI=1S/C27H22Cl2F7N3O5.C27H28ClFN2O6.C25H26ClFN2O4.C24H23ClF2N4O4/c1-13-6-15(3-4-16(13)29)43-9-20(40)37-23-10-24(11-23,12-23)38-21(41)19-8-39(17-7-14(28)2-5-18(17)44-19)22(42)25(30,31)26(32,33)27(34,35)36;1-16-3-6-22-20(7-16)31(25(34)12-35-2)10-23(37-22)21(32)9-26-13-27(14-26,15-26)30-24(33)11-36-17-4-5-18(28)19(29)8-17;1-14-2-4-16(7-18(14)27)32-10-23(31)29-25-11-24(12-25,13-25)9-20(30)22-8-19(28)17-6-15(26)3-5-21(17)33-22;25-13-1-2-18-14(9-13)17(32)10-19(35-18)22(34)31-24-6-3-23(4-7-24,5-8-24)30-21(33)16-12-28-15(11-29-16)20(26)27/h2-7,19H,8-12H2,1H3,(H,37,40)(H,38,41);3-8,23H,9-15H2,1-2H3,(H,30,33);2-7,19,22H,8-13,28H2,1H3,(H,29,31);1-2,9,11-12,19-20H,3-8,10H2,(H,30,33)(H,31,34). The van der Waals surface area contributed by atoms with E-state index in [4.69, 9.17) is 102 Å². The highest BCUT2D eigenvalue weighted by Crippen LogP contribution is 2.71. The molecule has 0 saturated heterocycles. The van der Waals surface area contributed by atoms with Crippen LogP contribution in [0.4, 0.5) is 59.7 Å². The molecule has 7 aromatic carbocycles. The number of ketones is 3. The number of Topliss-reactive ketones (excluding diaryl/α,β-unsaturated/α-hetero) is 3. The molecule has 12 fully saturated rings. The van der Waals surface area contributed by atoms with Crippen molar-refractivity contribution in [1.29, 1.82) is 0 Å². The van der Waals surface area contributed by atoms with E-state index in [0.29, 0.717) is 138 Å². The molecule has 149 heavy (non-hydrogen) atoms. The summed E-state index contributed by atoms with van der Waals surface area (Å²) in [7, 11) is 1.46. The molecule has 0 radical (unpaired) electrons. The molecule has 46 heteroatoms. The molecule has 5 unspecified atom stereocenters. The zero-order valence-electron chi connectivity index (χ0n) is 80.1. The molecular formula is C103H99Cl5F11N11O19. The number of amides is 8. The molecule has 4 aliphatic heterocycles. The van der Waals surface area contributed by atoms with Crippen LogP contribution in [0.2, 0.25) is 25.1 Å². The average molecular weight is 2180 g/mol. The van der Waals surface area contributed by atoms with Gasteiger partial charge in [-0.1, -0.05) is 70.1 Å². The van der Waals surface area contributed by atoms with E-state index in [1.165, 1.54) is 31.4 Å². The van der Waals surface area contributed by atoms with Gasteiger partial charge in [-0.25, -0.2) is 22.5 Å². The molecule has 8 bridgehead atoms. The summed E-state index contributed by atoms with van der Waals surface area (Å²) in [5.74, 6) is -17.9.